The van der Waals surface area contributed by atoms with Crippen LogP contribution >= 0.6 is 11.3 Å². The van der Waals surface area contributed by atoms with Crippen molar-refractivity contribution in [1.29, 1.82) is 0 Å². The maximum atomic E-state index is 12.7. The van der Waals surface area contributed by atoms with Crippen LogP contribution in [0, 0.1) is 0 Å². The first-order valence-electron chi connectivity index (χ1n) is 14.5. The maximum Gasteiger partial charge on any atom is 0.230 e. The minimum Gasteiger partial charge on any atom is -0.387 e. The van der Waals surface area contributed by atoms with Gasteiger partial charge in [-0.3, -0.25) is 4.79 Å². The van der Waals surface area contributed by atoms with Gasteiger partial charge in [-0.1, -0.05) is 42.3 Å². The fourth-order valence-corrected chi connectivity index (χ4v) is 2.43. The van der Waals surface area contributed by atoms with E-state index >= 15 is 0 Å². The molecule has 2 aromatic carbocycles. The van der Waals surface area contributed by atoms with Crippen molar-refractivity contribution in [2.45, 2.75) is 18.9 Å². The van der Waals surface area contributed by atoms with Crippen LogP contribution in [0.4, 0.5) is 10.8 Å². The highest BCUT2D eigenvalue weighted by atomic mass is 32.1. The van der Waals surface area contributed by atoms with Crippen molar-refractivity contribution in [1.82, 2.24) is 10.3 Å². The van der Waals surface area contributed by atoms with Gasteiger partial charge in [0.2, 0.25) is 5.91 Å². The number of anilines is 2. The summed E-state index contributed by atoms with van der Waals surface area (Å²) in [5.41, 5.74) is 3.58. The molecule has 0 unspecified atom stereocenters. The molecule has 5 N–H and O–H groups in total. The molecule has 6 nitrogen and oxygen atoms in total. The number of aliphatic hydroxyl groups is 1. The number of carbonyl (C=O) groups is 1. The summed E-state index contributed by atoms with van der Waals surface area (Å²) in [5, 5.41) is 14.7. The van der Waals surface area contributed by atoms with Crippen LogP contribution in [0.3, 0.4) is 0 Å². The number of nitrogens with two attached hydrogens (primary N) is 1. The zero-order valence-electron chi connectivity index (χ0n) is 27.4. The van der Waals surface area contributed by atoms with Gasteiger partial charge in [-0.05, 0) is 36.2 Å². The highest BCUT2D eigenvalue weighted by molar-refractivity contribution is 7.13. The topological polar surface area (TPSA) is 100 Å². The standard InChI is InChI=1S/C21H24N4O2S/c22-21-25-18(14-28-21)12-20(27)24-17-8-6-15(7-9-17)10-11-23-13-19(26)16-4-2-1-3-5-16/h1-9,14,19,23,26H,10-13H2,(H2,22,25)(H,24,27)/t19-/m0/s1/i1D,2D,3D,4D,5D,6D,7D,8D,9D,12D2,14D,19D. The third-order valence-electron chi connectivity index (χ3n) is 3.25. The number of nitrogens with zero attached hydrogens (tertiary/aromatic N) is 1. The predicted octanol–water partition coefficient (Wildman–Crippen LogP) is 2.77. The van der Waals surface area contributed by atoms with Gasteiger partial charge >= 0.3 is 0 Å². The van der Waals surface area contributed by atoms with Crippen molar-refractivity contribution >= 4 is 28.1 Å². The molecule has 1 atom stereocenters. The molecule has 0 aliphatic rings. The van der Waals surface area contributed by atoms with Gasteiger partial charge in [-0.2, -0.15) is 0 Å². The van der Waals surface area contributed by atoms with E-state index in [1.165, 1.54) is 0 Å². The maximum absolute atomic E-state index is 12.7. The average Bonchev–Trinajstić information content (AvgIpc) is 3.25. The van der Waals surface area contributed by atoms with Crippen molar-refractivity contribution in [3.63, 3.8) is 0 Å². The van der Waals surface area contributed by atoms with E-state index in [2.05, 4.69) is 15.6 Å². The van der Waals surface area contributed by atoms with Crippen LogP contribution in [0.25, 0.3) is 0 Å². The van der Waals surface area contributed by atoms with E-state index in [1.807, 2.05) is 0 Å². The average molecular weight is 410 g/mol. The SMILES string of the molecule is [2H]c1sc(N)nc1C([2H])([2H])C(=O)Nc1c([2H])c([2H])c(CCNC[C@]([2H])(O)c2c([2H])c([2H])c([2H])c([2H])c2[2H])c([2H])c1[2H]. The Hall–Kier alpha value is -2.74. The molecule has 0 radical (unpaired) electrons. The molecule has 28 heavy (non-hydrogen) atoms. The Labute approximate surface area is 186 Å². The smallest absolute Gasteiger partial charge is 0.230 e. The number of rotatable bonds is 9. The van der Waals surface area contributed by atoms with Gasteiger partial charge < -0.3 is 21.5 Å². The number of nitrogen functional groups attached to an aromatic ring is 1. The lowest BCUT2D eigenvalue weighted by Gasteiger charge is -2.12. The van der Waals surface area contributed by atoms with E-state index in [1.54, 1.807) is 0 Å². The van der Waals surface area contributed by atoms with Gasteiger partial charge in [-0.25, -0.2) is 4.98 Å². The molecule has 0 fully saturated rings. The van der Waals surface area contributed by atoms with E-state index in [4.69, 9.17) is 23.6 Å². The molecule has 1 aromatic heterocycles. The Morgan fingerprint density at radius 1 is 1.29 bits per heavy atom. The first-order chi connectivity index (χ1) is 18.8. The Bertz CT molecular complexity index is 1470. The summed E-state index contributed by atoms with van der Waals surface area (Å²) in [5.74, 6) is -1.38. The highest BCUT2D eigenvalue weighted by Crippen LogP contribution is 2.14. The minimum atomic E-state index is -2.87. The van der Waals surface area contributed by atoms with Crippen LogP contribution in [0.2, 0.25) is 0 Å². The Balaban J connectivity index is 1.78. The minimum absolute atomic E-state index is 0.106. The van der Waals surface area contributed by atoms with Crippen molar-refractivity contribution in [3.8, 4) is 0 Å². The largest absolute Gasteiger partial charge is 0.387 e. The highest BCUT2D eigenvalue weighted by Gasteiger charge is 2.08. The number of hydrogen-bond donors (Lipinski definition) is 4. The summed E-state index contributed by atoms with van der Waals surface area (Å²) in [6.07, 6.45) is -5.68. The summed E-state index contributed by atoms with van der Waals surface area (Å²) >= 11 is 0.649. The molecule has 0 spiro atoms. The fourth-order valence-electron chi connectivity index (χ4n) is 1.99. The second-order valence-electron chi connectivity index (χ2n) is 5.31. The first-order valence-corrected chi connectivity index (χ1v) is 8.80. The molecule has 3 aromatic rings. The zero-order valence-corrected chi connectivity index (χ0v) is 15.2. The number of aromatic nitrogens is 1. The second-order valence-corrected chi connectivity index (χ2v) is 6.14. The number of hydrogen-bond acceptors (Lipinski definition) is 6. The van der Waals surface area contributed by atoms with Gasteiger partial charge in [-0.15, -0.1) is 11.3 Å². The molecular weight excluding hydrogens is 372 g/mol. The molecule has 146 valence electrons. The molecule has 0 bridgehead atoms. The summed E-state index contributed by atoms with van der Waals surface area (Å²) in [7, 11) is 0. The number of thiazole rings is 1. The van der Waals surface area contributed by atoms with Gasteiger partial charge in [0.15, 0.2) is 5.13 Å². The third kappa shape index (κ3) is 6.16. The van der Waals surface area contributed by atoms with Crippen LogP contribution in [-0.4, -0.2) is 29.1 Å². The molecule has 7 heteroatoms. The Kier molecular flexibility index (Phi) is 3.27. The van der Waals surface area contributed by atoms with Gasteiger partial charge in [0, 0.05) is 20.3 Å². The lowest BCUT2D eigenvalue weighted by molar-refractivity contribution is -0.115. The Morgan fingerprint density at radius 3 is 2.71 bits per heavy atom. The van der Waals surface area contributed by atoms with Crippen molar-refractivity contribution in [2.75, 3.05) is 24.1 Å². The summed E-state index contributed by atoms with van der Waals surface area (Å²) in [4.78, 5) is 16.3. The van der Waals surface area contributed by atoms with Gasteiger partial charge in [0.05, 0.1) is 33.2 Å². The number of benzene rings is 2. The summed E-state index contributed by atoms with van der Waals surface area (Å²) in [6, 6.07) is -6.04. The summed E-state index contributed by atoms with van der Waals surface area (Å²) in [6.45, 7) is -0.728. The molecule has 1 amide bonds. The number of amides is 1. The predicted molar refractivity (Wildman–Crippen MR) is 113 cm³/mol. The van der Waals surface area contributed by atoms with Crippen LogP contribution < -0.4 is 16.4 Å². The zero-order chi connectivity index (χ0) is 31.2. The van der Waals surface area contributed by atoms with Gasteiger partial charge in [0.1, 0.15) is 0 Å². The van der Waals surface area contributed by atoms with Crippen LogP contribution in [-0.2, 0) is 17.6 Å². The lowest BCUT2D eigenvalue weighted by atomic mass is 10.1. The van der Waals surface area contributed by atoms with E-state index in [9.17, 15) is 9.90 Å². The van der Waals surface area contributed by atoms with E-state index in [-0.39, 0.29) is 23.7 Å². The van der Waals surface area contributed by atoms with E-state index in [0.29, 0.717) is 11.3 Å². The molecule has 0 saturated heterocycles. The van der Waals surface area contributed by atoms with E-state index in [0.717, 1.165) is 0 Å². The van der Waals surface area contributed by atoms with Gasteiger partial charge in [0.25, 0.3) is 0 Å². The lowest BCUT2D eigenvalue weighted by Crippen LogP contribution is -2.23. The normalized spacial score (nSPS) is 20.1. The monoisotopic (exact) mass is 409 g/mol. The Morgan fingerprint density at radius 2 is 2.04 bits per heavy atom. The first kappa shape index (κ1) is 9.17. The molecular formula is C21H24N4O2S. The molecule has 1 heterocycles. The van der Waals surface area contributed by atoms with Crippen LogP contribution in [0.15, 0.2) is 59.7 Å². The van der Waals surface area contributed by atoms with Crippen molar-refractivity contribution in [3.05, 3.63) is 76.6 Å². The fraction of sp³-hybridized carbons (Fsp3) is 0.238. The molecule has 0 saturated carbocycles. The van der Waals surface area contributed by atoms with Crippen LogP contribution in [0.1, 0.15) is 40.7 Å². The van der Waals surface area contributed by atoms with Crippen molar-refractivity contribution in [2.24, 2.45) is 0 Å². The van der Waals surface area contributed by atoms with Crippen LogP contribution in [0.5, 0.6) is 0 Å². The molecule has 3 rings (SSSR count). The second kappa shape index (κ2) is 9.98. The molecule has 0 aliphatic carbocycles. The number of nitrogens with one attached hydrogen (secondary N) is 2. The number of carbonyl (C=O) groups excluding carboxylic acids is 1. The third-order valence-corrected chi connectivity index (χ3v) is 3.85. The van der Waals surface area contributed by atoms with E-state index < -0.39 is 102 Å². The molecule has 0 aliphatic heterocycles. The quantitative estimate of drug-likeness (QED) is 0.407. The summed E-state index contributed by atoms with van der Waals surface area (Å²) < 4.78 is 104. The van der Waals surface area contributed by atoms with Crippen molar-refractivity contribution < 1.29 is 27.7 Å².